The molecule has 4 nitrogen and oxygen atoms in total. The summed E-state index contributed by atoms with van der Waals surface area (Å²) in [6, 6.07) is 6.85. The van der Waals surface area contributed by atoms with E-state index >= 15 is 0 Å². The van der Waals surface area contributed by atoms with E-state index in [0.29, 0.717) is 12.6 Å². The molecule has 23 heavy (non-hydrogen) atoms. The number of rotatable bonds is 8. The first kappa shape index (κ1) is 18.2. The number of nitrogens with zero attached hydrogens (tertiary/aromatic N) is 2. The predicted molar refractivity (Wildman–Crippen MR) is 94.8 cm³/mol. The van der Waals surface area contributed by atoms with Gasteiger partial charge in [0.15, 0.2) is 0 Å². The molecule has 1 aromatic rings. The Morgan fingerprint density at radius 3 is 2.87 bits per heavy atom. The van der Waals surface area contributed by atoms with Gasteiger partial charge in [-0.05, 0) is 57.6 Å². The second-order valence-corrected chi connectivity index (χ2v) is 6.78. The molecule has 1 atom stereocenters. The molecule has 1 heterocycles. The molecule has 4 heteroatoms. The number of benzene rings is 1. The van der Waals surface area contributed by atoms with E-state index in [2.05, 4.69) is 43.0 Å². The van der Waals surface area contributed by atoms with Crippen LogP contribution in [-0.4, -0.2) is 54.7 Å². The molecular formula is C19H32N2O2. The molecular weight excluding hydrogens is 288 g/mol. The third-order valence-corrected chi connectivity index (χ3v) is 4.65. The Bertz CT molecular complexity index is 478. The summed E-state index contributed by atoms with van der Waals surface area (Å²) < 4.78 is 5.69. The summed E-state index contributed by atoms with van der Waals surface area (Å²) in [6.07, 6.45) is 4.95. The van der Waals surface area contributed by atoms with Gasteiger partial charge in [0.05, 0.1) is 13.2 Å². The van der Waals surface area contributed by atoms with Crippen LogP contribution in [-0.2, 0) is 13.2 Å². The maximum atomic E-state index is 9.57. The van der Waals surface area contributed by atoms with Crippen LogP contribution in [0.4, 0.5) is 0 Å². The summed E-state index contributed by atoms with van der Waals surface area (Å²) in [6.45, 7) is 6.04. The molecule has 1 saturated heterocycles. The summed E-state index contributed by atoms with van der Waals surface area (Å²) in [5, 5.41) is 9.57. The molecule has 0 amide bonds. The van der Waals surface area contributed by atoms with Gasteiger partial charge in [-0.15, -0.1) is 0 Å². The zero-order chi connectivity index (χ0) is 16.7. The van der Waals surface area contributed by atoms with Gasteiger partial charge in [-0.2, -0.15) is 0 Å². The van der Waals surface area contributed by atoms with E-state index < -0.39 is 0 Å². The van der Waals surface area contributed by atoms with E-state index in [1.165, 1.54) is 31.4 Å². The van der Waals surface area contributed by atoms with Crippen molar-refractivity contribution in [1.29, 1.82) is 0 Å². The molecule has 1 N–H and O–H groups in total. The molecule has 1 fully saturated rings. The zero-order valence-electron chi connectivity index (χ0n) is 14.9. The fraction of sp³-hybridized carbons (Fsp3) is 0.684. The molecule has 130 valence electrons. The second kappa shape index (κ2) is 9.26. The summed E-state index contributed by atoms with van der Waals surface area (Å²) in [5.74, 6) is 0.813. The minimum absolute atomic E-state index is 0.0297. The van der Waals surface area contributed by atoms with Crippen LogP contribution in [0.2, 0.25) is 0 Å². The van der Waals surface area contributed by atoms with Crippen LogP contribution in [0.25, 0.3) is 0 Å². The maximum absolute atomic E-state index is 9.57. The standard InChI is InChI=1S/C19H32N2O2/c1-4-11-23-19-9-8-16(12-17(19)15-22)13-20(2)14-18-7-5-6-10-21(18)3/h8-9,12,18,22H,4-7,10-11,13-15H2,1-3H3. The zero-order valence-corrected chi connectivity index (χ0v) is 14.9. The Kier molecular flexibility index (Phi) is 7.34. The lowest BCUT2D eigenvalue weighted by Crippen LogP contribution is -2.43. The second-order valence-electron chi connectivity index (χ2n) is 6.78. The number of aliphatic hydroxyl groups is 1. The van der Waals surface area contributed by atoms with E-state index in [-0.39, 0.29) is 6.61 Å². The lowest BCUT2D eigenvalue weighted by atomic mass is 10.0. The molecule has 1 aliphatic rings. The monoisotopic (exact) mass is 320 g/mol. The minimum Gasteiger partial charge on any atom is -0.493 e. The van der Waals surface area contributed by atoms with E-state index in [0.717, 1.165) is 30.8 Å². The van der Waals surface area contributed by atoms with Gasteiger partial charge in [0.2, 0.25) is 0 Å². The van der Waals surface area contributed by atoms with Gasteiger partial charge < -0.3 is 19.6 Å². The largest absolute Gasteiger partial charge is 0.493 e. The van der Waals surface area contributed by atoms with Crippen LogP contribution >= 0.6 is 0 Å². The van der Waals surface area contributed by atoms with Gasteiger partial charge in [0, 0.05) is 24.7 Å². The van der Waals surface area contributed by atoms with E-state index in [4.69, 9.17) is 4.74 Å². The number of hydrogen-bond acceptors (Lipinski definition) is 4. The number of likely N-dealkylation sites (tertiary alicyclic amines) is 1. The quantitative estimate of drug-likeness (QED) is 0.799. The molecule has 1 unspecified atom stereocenters. The Morgan fingerprint density at radius 1 is 1.35 bits per heavy atom. The first-order valence-corrected chi connectivity index (χ1v) is 8.88. The highest BCUT2D eigenvalue weighted by Crippen LogP contribution is 2.22. The fourth-order valence-corrected chi connectivity index (χ4v) is 3.32. The van der Waals surface area contributed by atoms with Crippen molar-refractivity contribution in [2.24, 2.45) is 0 Å². The van der Waals surface area contributed by atoms with E-state index in [1.807, 2.05) is 6.07 Å². The molecule has 0 spiro atoms. The number of ether oxygens (including phenoxy) is 1. The smallest absolute Gasteiger partial charge is 0.124 e. The first-order chi connectivity index (χ1) is 11.1. The first-order valence-electron chi connectivity index (χ1n) is 8.88. The van der Waals surface area contributed by atoms with Gasteiger partial charge in [-0.1, -0.05) is 19.4 Å². The fourth-order valence-electron chi connectivity index (χ4n) is 3.32. The summed E-state index contributed by atoms with van der Waals surface area (Å²) >= 11 is 0. The van der Waals surface area contributed by atoms with E-state index in [1.54, 1.807) is 0 Å². The van der Waals surface area contributed by atoms with Crippen molar-refractivity contribution >= 4 is 0 Å². The van der Waals surface area contributed by atoms with Crippen molar-refractivity contribution in [2.45, 2.75) is 51.8 Å². The van der Waals surface area contributed by atoms with Crippen LogP contribution in [0.5, 0.6) is 5.75 Å². The molecule has 0 aliphatic carbocycles. The maximum Gasteiger partial charge on any atom is 0.124 e. The van der Waals surface area contributed by atoms with Crippen molar-refractivity contribution < 1.29 is 9.84 Å². The van der Waals surface area contributed by atoms with Crippen molar-refractivity contribution in [2.75, 3.05) is 33.8 Å². The highest BCUT2D eigenvalue weighted by Gasteiger charge is 2.20. The molecule has 0 aromatic heterocycles. The van der Waals surface area contributed by atoms with Crippen LogP contribution in [0.1, 0.15) is 43.7 Å². The molecule has 0 saturated carbocycles. The average molecular weight is 320 g/mol. The van der Waals surface area contributed by atoms with Gasteiger partial charge in [0.25, 0.3) is 0 Å². The third-order valence-electron chi connectivity index (χ3n) is 4.65. The number of likely N-dealkylation sites (N-methyl/N-ethyl adjacent to an activating group) is 2. The van der Waals surface area contributed by atoms with Gasteiger partial charge in [0.1, 0.15) is 5.75 Å². The number of piperidine rings is 1. The Hall–Kier alpha value is -1.10. The Morgan fingerprint density at radius 2 is 2.17 bits per heavy atom. The SMILES string of the molecule is CCCOc1ccc(CN(C)CC2CCCCN2C)cc1CO. The average Bonchev–Trinajstić information content (AvgIpc) is 2.55. The highest BCUT2D eigenvalue weighted by atomic mass is 16.5. The van der Waals surface area contributed by atoms with E-state index in [9.17, 15) is 5.11 Å². The number of hydrogen-bond donors (Lipinski definition) is 1. The van der Waals surface area contributed by atoms with Crippen LogP contribution < -0.4 is 4.74 Å². The van der Waals surface area contributed by atoms with Crippen LogP contribution in [0, 0.1) is 0 Å². The minimum atomic E-state index is 0.0297. The van der Waals surface area contributed by atoms with Gasteiger partial charge in [-0.3, -0.25) is 0 Å². The summed E-state index contributed by atoms with van der Waals surface area (Å²) in [7, 11) is 4.42. The third kappa shape index (κ3) is 5.48. The Balaban J connectivity index is 1.93. The lowest BCUT2D eigenvalue weighted by Gasteiger charge is -2.35. The molecule has 1 aliphatic heterocycles. The highest BCUT2D eigenvalue weighted by molar-refractivity contribution is 5.36. The number of aliphatic hydroxyl groups excluding tert-OH is 1. The van der Waals surface area contributed by atoms with Crippen LogP contribution in [0.3, 0.4) is 0 Å². The van der Waals surface area contributed by atoms with Crippen molar-refractivity contribution in [1.82, 2.24) is 9.80 Å². The van der Waals surface area contributed by atoms with Gasteiger partial charge in [-0.25, -0.2) is 0 Å². The van der Waals surface area contributed by atoms with Crippen molar-refractivity contribution in [3.63, 3.8) is 0 Å². The topological polar surface area (TPSA) is 35.9 Å². The normalized spacial score (nSPS) is 19.3. The molecule has 1 aromatic carbocycles. The summed E-state index contributed by atoms with van der Waals surface area (Å²) in [5.41, 5.74) is 2.12. The predicted octanol–water partition coefficient (Wildman–Crippen LogP) is 2.88. The van der Waals surface area contributed by atoms with Crippen LogP contribution in [0.15, 0.2) is 18.2 Å². The molecule has 2 rings (SSSR count). The molecule has 0 bridgehead atoms. The van der Waals surface area contributed by atoms with Crippen molar-refractivity contribution in [3.8, 4) is 5.75 Å². The molecule has 0 radical (unpaired) electrons. The van der Waals surface area contributed by atoms with Gasteiger partial charge >= 0.3 is 0 Å². The lowest BCUT2D eigenvalue weighted by molar-refractivity contribution is 0.138. The summed E-state index contributed by atoms with van der Waals surface area (Å²) in [4.78, 5) is 4.87. The van der Waals surface area contributed by atoms with Crippen molar-refractivity contribution in [3.05, 3.63) is 29.3 Å². The Labute approximate surface area is 141 Å².